The first-order valence-corrected chi connectivity index (χ1v) is 11.3. The maximum atomic E-state index is 13.8. The Labute approximate surface area is 196 Å². The number of carboxylic acid groups (broad SMARTS) is 1. The molecule has 172 valence electrons. The lowest BCUT2D eigenvalue weighted by Crippen LogP contribution is -2.37. The van der Waals surface area contributed by atoms with Crippen LogP contribution in [-0.4, -0.2) is 38.0 Å². The molecule has 0 radical (unpaired) electrons. The van der Waals surface area contributed by atoms with Crippen LogP contribution in [0.15, 0.2) is 66.9 Å². The van der Waals surface area contributed by atoms with Crippen molar-refractivity contribution >= 4 is 22.9 Å². The van der Waals surface area contributed by atoms with Crippen molar-refractivity contribution in [2.45, 2.75) is 32.4 Å². The molecular weight excluding hydrogens is 433 g/mol. The molecule has 34 heavy (non-hydrogen) atoms. The predicted octanol–water partition coefficient (Wildman–Crippen LogP) is 3.98. The molecule has 0 aliphatic carbocycles. The van der Waals surface area contributed by atoms with Gasteiger partial charge in [-0.05, 0) is 52.9 Å². The zero-order valence-electron chi connectivity index (χ0n) is 18.6. The van der Waals surface area contributed by atoms with Gasteiger partial charge in [0.25, 0.3) is 0 Å². The smallest absolute Gasteiger partial charge is 0.307 e. The first kappa shape index (κ1) is 21.8. The summed E-state index contributed by atoms with van der Waals surface area (Å²) in [4.78, 5) is 30.9. The molecule has 0 spiro atoms. The fourth-order valence-corrected chi connectivity index (χ4v) is 4.80. The van der Waals surface area contributed by atoms with E-state index in [2.05, 4.69) is 9.55 Å². The van der Waals surface area contributed by atoms with Gasteiger partial charge in [-0.1, -0.05) is 36.4 Å². The number of hydrogen-bond donors (Lipinski definition) is 1. The second-order valence-corrected chi connectivity index (χ2v) is 8.60. The van der Waals surface area contributed by atoms with Crippen LogP contribution in [-0.2, 0) is 41.9 Å². The number of rotatable bonds is 6. The summed E-state index contributed by atoms with van der Waals surface area (Å²) in [6, 6.07) is 17.7. The summed E-state index contributed by atoms with van der Waals surface area (Å²) in [6.07, 6.45) is 2.50. The molecule has 0 atom stereocenters. The van der Waals surface area contributed by atoms with Gasteiger partial charge in [0, 0.05) is 30.4 Å². The molecule has 0 fully saturated rings. The van der Waals surface area contributed by atoms with Crippen LogP contribution < -0.4 is 0 Å². The molecule has 4 aromatic rings. The van der Waals surface area contributed by atoms with Gasteiger partial charge in [0.1, 0.15) is 11.5 Å². The molecule has 1 amide bonds. The third-order valence-corrected chi connectivity index (χ3v) is 6.40. The van der Waals surface area contributed by atoms with Crippen LogP contribution in [0, 0.1) is 5.82 Å². The first-order valence-electron chi connectivity index (χ1n) is 11.3. The largest absolute Gasteiger partial charge is 0.481 e. The van der Waals surface area contributed by atoms with Crippen molar-refractivity contribution in [1.82, 2.24) is 14.5 Å². The van der Waals surface area contributed by atoms with Crippen molar-refractivity contribution in [2.24, 2.45) is 0 Å². The van der Waals surface area contributed by atoms with Crippen LogP contribution in [0.25, 0.3) is 11.0 Å². The van der Waals surface area contributed by atoms with Gasteiger partial charge >= 0.3 is 5.97 Å². The highest BCUT2D eigenvalue weighted by Gasteiger charge is 2.27. The van der Waals surface area contributed by atoms with Crippen LogP contribution in [0.5, 0.6) is 0 Å². The van der Waals surface area contributed by atoms with E-state index in [9.17, 15) is 19.1 Å². The van der Waals surface area contributed by atoms with Crippen LogP contribution in [0.4, 0.5) is 4.39 Å². The molecule has 2 aromatic heterocycles. The Morgan fingerprint density at radius 3 is 2.56 bits per heavy atom. The Kier molecular flexibility index (Phi) is 5.84. The van der Waals surface area contributed by atoms with Gasteiger partial charge < -0.3 is 14.6 Å². The normalized spacial score (nSPS) is 13.1. The monoisotopic (exact) mass is 457 g/mol. The molecule has 6 nitrogen and oxygen atoms in total. The Balaban J connectivity index is 1.44. The van der Waals surface area contributed by atoms with E-state index in [1.54, 1.807) is 24.4 Å². The molecule has 2 aromatic carbocycles. The van der Waals surface area contributed by atoms with Crippen LogP contribution in [0.3, 0.4) is 0 Å². The zero-order chi connectivity index (χ0) is 23.7. The highest BCUT2D eigenvalue weighted by atomic mass is 19.1. The highest BCUT2D eigenvalue weighted by molar-refractivity contribution is 5.84. The van der Waals surface area contributed by atoms with Crippen molar-refractivity contribution in [2.75, 3.05) is 6.54 Å². The van der Waals surface area contributed by atoms with Gasteiger partial charge in [0.15, 0.2) is 0 Å². The Morgan fingerprint density at radius 2 is 1.79 bits per heavy atom. The molecule has 3 heterocycles. The van der Waals surface area contributed by atoms with Crippen molar-refractivity contribution in [1.29, 1.82) is 0 Å². The average molecular weight is 458 g/mol. The maximum absolute atomic E-state index is 13.8. The minimum Gasteiger partial charge on any atom is -0.481 e. The molecular formula is C27H24FN3O3. The zero-order valence-corrected chi connectivity index (χ0v) is 18.6. The van der Waals surface area contributed by atoms with Gasteiger partial charge in [0.05, 0.1) is 19.4 Å². The second-order valence-electron chi connectivity index (χ2n) is 8.60. The van der Waals surface area contributed by atoms with Gasteiger partial charge in [-0.15, -0.1) is 0 Å². The number of aromatic nitrogens is 2. The fourth-order valence-electron chi connectivity index (χ4n) is 4.80. The van der Waals surface area contributed by atoms with E-state index in [1.807, 2.05) is 35.2 Å². The summed E-state index contributed by atoms with van der Waals surface area (Å²) < 4.78 is 15.9. The van der Waals surface area contributed by atoms with Gasteiger partial charge in [0.2, 0.25) is 5.91 Å². The minimum absolute atomic E-state index is 0.0426. The highest BCUT2D eigenvalue weighted by Crippen LogP contribution is 2.31. The molecule has 0 unspecified atom stereocenters. The molecule has 1 aliphatic rings. The number of amides is 1. The summed E-state index contributed by atoms with van der Waals surface area (Å²) >= 11 is 0. The number of carboxylic acids is 1. The van der Waals surface area contributed by atoms with E-state index in [4.69, 9.17) is 0 Å². The SMILES string of the molecule is O=C(O)Cc1ccccc1CC(=O)N1CCc2c(n(Cc3cccc(F)c3)c3ncccc23)C1. The van der Waals surface area contributed by atoms with Gasteiger partial charge in [-0.25, -0.2) is 9.37 Å². The van der Waals surface area contributed by atoms with Crippen LogP contribution in [0.2, 0.25) is 0 Å². The van der Waals surface area contributed by atoms with Crippen LogP contribution >= 0.6 is 0 Å². The number of halogens is 1. The van der Waals surface area contributed by atoms with Crippen molar-refractivity contribution in [3.05, 3.63) is 101 Å². The summed E-state index contributed by atoms with van der Waals surface area (Å²) in [6.45, 7) is 1.48. The Bertz CT molecular complexity index is 1400. The minimum atomic E-state index is -0.920. The molecule has 0 saturated heterocycles. The van der Waals surface area contributed by atoms with Gasteiger partial charge in [-0.3, -0.25) is 9.59 Å². The summed E-state index contributed by atoms with van der Waals surface area (Å²) in [5.74, 6) is -1.25. The van der Waals surface area contributed by atoms with E-state index >= 15 is 0 Å². The van der Waals surface area contributed by atoms with Crippen molar-refractivity contribution in [3.63, 3.8) is 0 Å². The third kappa shape index (κ3) is 4.29. The van der Waals surface area contributed by atoms with Crippen molar-refractivity contribution < 1.29 is 19.1 Å². The second kappa shape index (κ2) is 9.09. The maximum Gasteiger partial charge on any atom is 0.307 e. The lowest BCUT2D eigenvalue weighted by atomic mass is 10.00. The Morgan fingerprint density at radius 1 is 1.00 bits per heavy atom. The van der Waals surface area contributed by atoms with E-state index in [-0.39, 0.29) is 24.6 Å². The number of fused-ring (bicyclic) bond motifs is 3. The number of carbonyl (C=O) groups excluding carboxylic acids is 1. The molecule has 0 bridgehead atoms. The third-order valence-electron chi connectivity index (χ3n) is 6.40. The van der Waals surface area contributed by atoms with Crippen LogP contribution in [0.1, 0.15) is 27.9 Å². The quantitative estimate of drug-likeness (QED) is 0.475. The lowest BCUT2D eigenvalue weighted by molar-refractivity contribution is -0.136. The summed E-state index contributed by atoms with van der Waals surface area (Å²) in [5, 5.41) is 10.3. The van der Waals surface area contributed by atoms with E-state index in [1.165, 1.54) is 17.7 Å². The number of benzene rings is 2. The lowest BCUT2D eigenvalue weighted by Gasteiger charge is -2.29. The number of hydrogen-bond acceptors (Lipinski definition) is 3. The molecule has 7 heteroatoms. The van der Waals surface area contributed by atoms with Crippen molar-refractivity contribution in [3.8, 4) is 0 Å². The van der Waals surface area contributed by atoms with E-state index in [0.29, 0.717) is 31.6 Å². The number of aliphatic carboxylic acids is 1. The molecule has 1 N–H and O–H groups in total. The number of carbonyl (C=O) groups is 2. The summed E-state index contributed by atoms with van der Waals surface area (Å²) in [5.41, 5.74) is 5.24. The van der Waals surface area contributed by atoms with Gasteiger partial charge in [-0.2, -0.15) is 0 Å². The molecule has 0 saturated carbocycles. The summed E-state index contributed by atoms with van der Waals surface area (Å²) in [7, 11) is 0. The van der Waals surface area contributed by atoms with E-state index in [0.717, 1.165) is 27.9 Å². The predicted molar refractivity (Wildman–Crippen MR) is 126 cm³/mol. The molecule has 5 rings (SSSR count). The number of nitrogens with zero attached hydrogens (tertiary/aromatic N) is 3. The van der Waals surface area contributed by atoms with E-state index < -0.39 is 5.97 Å². The average Bonchev–Trinajstić information content (AvgIpc) is 3.13. The Hall–Kier alpha value is -4.00. The molecule has 1 aliphatic heterocycles. The fraction of sp³-hybridized carbons (Fsp3) is 0.222. The first-order chi connectivity index (χ1) is 16.5. The topological polar surface area (TPSA) is 75.4 Å². The standard InChI is InChI=1S/C27H24FN3O3/c28-21-8-3-5-18(13-21)16-31-24-17-30(12-10-22(24)23-9-4-11-29-27(23)31)25(32)14-19-6-1-2-7-20(19)15-26(33)34/h1-9,11,13H,10,12,14-17H2,(H,33,34). The number of pyridine rings is 1.